The van der Waals surface area contributed by atoms with Crippen LogP contribution in [-0.4, -0.2) is 36.1 Å². The molecule has 0 saturated carbocycles. The number of benzene rings is 2. The van der Waals surface area contributed by atoms with Crippen molar-refractivity contribution < 1.29 is 18.7 Å². The van der Waals surface area contributed by atoms with Crippen LogP contribution in [0.4, 0.5) is 10.1 Å². The Balaban J connectivity index is 1.78. The van der Waals surface area contributed by atoms with Crippen LogP contribution in [-0.2, 0) is 11.8 Å². The molecule has 3 aromatic rings. The van der Waals surface area contributed by atoms with Crippen LogP contribution < -0.4 is 25.8 Å². The van der Waals surface area contributed by atoms with E-state index in [1.54, 1.807) is 44.3 Å². The van der Waals surface area contributed by atoms with Gasteiger partial charge in [-0.2, -0.15) is 0 Å². The lowest BCUT2D eigenvalue weighted by Crippen LogP contribution is -2.45. The molecule has 10 heteroatoms. The van der Waals surface area contributed by atoms with Gasteiger partial charge in [0.25, 0.3) is 11.5 Å². The SMILES string of the molecule is COc1cc(F)c([C@@H]2CN(c3ccc(C)n(C)c3=O)C(=O)[C@H]2NC(=O)c2ccc(Cl)cc2)c(P)c1. The second-order valence-corrected chi connectivity index (χ2v) is 9.41. The van der Waals surface area contributed by atoms with Crippen LogP contribution in [0.25, 0.3) is 0 Å². The summed E-state index contributed by atoms with van der Waals surface area (Å²) in [7, 11) is 5.51. The maximum atomic E-state index is 15.3. The van der Waals surface area contributed by atoms with Gasteiger partial charge in [0.1, 0.15) is 23.3 Å². The average Bonchev–Trinajstić information content (AvgIpc) is 3.13. The van der Waals surface area contributed by atoms with E-state index in [9.17, 15) is 14.4 Å². The highest BCUT2D eigenvalue weighted by Crippen LogP contribution is 2.34. The van der Waals surface area contributed by atoms with Gasteiger partial charge in [-0.15, -0.1) is 9.24 Å². The van der Waals surface area contributed by atoms with E-state index in [1.165, 1.54) is 34.8 Å². The molecular weight excluding hydrogens is 492 g/mol. The number of nitrogens with one attached hydrogen (secondary N) is 1. The van der Waals surface area contributed by atoms with Crippen molar-refractivity contribution in [3.63, 3.8) is 0 Å². The Hall–Kier alpha value is -3.22. The summed E-state index contributed by atoms with van der Waals surface area (Å²) in [6, 6.07) is 11.3. The minimum Gasteiger partial charge on any atom is -0.497 e. The first-order valence-corrected chi connectivity index (χ1v) is 11.7. The van der Waals surface area contributed by atoms with Crippen molar-refractivity contribution in [2.75, 3.05) is 18.6 Å². The summed E-state index contributed by atoms with van der Waals surface area (Å²) in [5.74, 6) is -2.02. The topological polar surface area (TPSA) is 80.6 Å². The van der Waals surface area contributed by atoms with Gasteiger partial charge in [-0.3, -0.25) is 14.4 Å². The molecular formula is C25H24ClFN3O4P. The second kappa shape index (κ2) is 9.80. The third-order valence-electron chi connectivity index (χ3n) is 6.27. The number of carbonyl (C=O) groups is 2. The zero-order valence-corrected chi connectivity index (χ0v) is 21.3. The quantitative estimate of drug-likeness (QED) is 0.530. The Kier molecular flexibility index (Phi) is 6.97. The monoisotopic (exact) mass is 515 g/mol. The van der Waals surface area contributed by atoms with Crippen LogP contribution in [0.1, 0.15) is 27.5 Å². The highest BCUT2D eigenvalue weighted by molar-refractivity contribution is 7.27. The zero-order valence-electron chi connectivity index (χ0n) is 19.3. The number of hydrogen-bond donors (Lipinski definition) is 1. The highest BCUT2D eigenvalue weighted by Gasteiger charge is 2.45. The van der Waals surface area contributed by atoms with Gasteiger partial charge < -0.3 is 19.5 Å². The van der Waals surface area contributed by atoms with E-state index in [-0.39, 0.29) is 23.4 Å². The molecule has 0 radical (unpaired) electrons. The molecule has 4 rings (SSSR count). The molecule has 1 N–H and O–H groups in total. The number of ether oxygens (including phenoxy) is 1. The number of amides is 2. The Morgan fingerprint density at radius 2 is 1.86 bits per heavy atom. The number of pyridine rings is 1. The molecule has 0 bridgehead atoms. The summed E-state index contributed by atoms with van der Waals surface area (Å²) in [6.07, 6.45) is 0. The van der Waals surface area contributed by atoms with Crippen LogP contribution >= 0.6 is 20.8 Å². The van der Waals surface area contributed by atoms with Gasteiger partial charge in [0.15, 0.2) is 0 Å². The number of methoxy groups -OCH3 is 1. The highest BCUT2D eigenvalue weighted by atomic mass is 35.5. The van der Waals surface area contributed by atoms with Gasteiger partial charge in [0, 0.05) is 47.4 Å². The molecule has 1 saturated heterocycles. The minimum atomic E-state index is -1.11. The van der Waals surface area contributed by atoms with Crippen molar-refractivity contribution in [2.45, 2.75) is 18.9 Å². The van der Waals surface area contributed by atoms with Gasteiger partial charge >= 0.3 is 0 Å². The predicted molar refractivity (Wildman–Crippen MR) is 137 cm³/mol. The summed E-state index contributed by atoms with van der Waals surface area (Å²) in [6.45, 7) is 1.79. The summed E-state index contributed by atoms with van der Waals surface area (Å²) < 4.78 is 21.9. The summed E-state index contributed by atoms with van der Waals surface area (Å²) in [5, 5.41) is 3.71. The summed E-state index contributed by atoms with van der Waals surface area (Å²) in [5.41, 5.74) is 1.07. The molecule has 35 heavy (non-hydrogen) atoms. The predicted octanol–water partition coefficient (Wildman–Crippen LogP) is 2.92. The fraction of sp³-hybridized carbons (Fsp3) is 0.240. The first-order valence-electron chi connectivity index (χ1n) is 10.8. The Labute approximate surface area is 209 Å². The fourth-order valence-corrected chi connectivity index (χ4v) is 4.88. The Bertz CT molecular complexity index is 1350. The van der Waals surface area contributed by atoms with E-state index in [0.29, 0.717) is 21.6 Å². The smallest absolute Gasteiger partial charge is 0.274 e. The maximum Gasteiger partial charge on any atom is 0.274 e. The van der Waals surface area contributed by atoms with Crippen molar-refractivity contribution in [1.82, 2.24) is 9.88 Å². The number of aryl methyl sites for hydroxylation is 1. The first kappa shape index (κ1) is 24.9. The molecule has 2 aromatic carbocycles. The largest absolute Gasteiger partial charge is 0.497 e. The standard InChI is InChI=1S/C25H24ClFN3O4P/c1-13-4-9-19(24(32)29(13)2)30-12-17(21-18(27)10-16(34-3)11-20(21)35)22(25(30)33)28-23(31)14-5-7-15(26)8-6-14/h4-11,17,22H,12,35H2,1-3H3,(H,28,31)/t17-,22-/m0/s1. The van der Waals surface area contributed by atoms with Crippen LogP contribution in [0, 0.1) is 12.7 Å². The van der Waals surface area contributed by atoms with E-state index >= 15 is 4.39 Å². The second-order valence-electron chi connectivity index (χ2n) is 8.35. The molecule has 2 heterocycles. The van der Waals surface area contributed by atoms with Gasteiger partial charge in [-0.05, 0) is 54.7 Å². The first-order chi connectivity index (χ1) is 16.6. The zero-order chi connectivity index (χ0) is 25.4. The van der Waals surface area contributed by atoms with Crippen LogP contribution in [0.5, 0.6) is 5.75 Å². The van der Waals surface area contributed by atoms with Crippen molar-refractivity contribution in [3.8, 4) is 5.75 Å². The molecule has 182 valence electrons. The maximum absolute atomic E-state index is 15.3. The fourth-order valence-electron chi connectivity index (χ4n) is 4.24. The third-order valence-corrected chi connectivity index (χ3v) is 7.00. The molecule has 3 atom stereocenters. The van der Waals surface area contributed by atoms with Crippen molar-refractivity contribution in [2.24, 2.45) is 7.05 Å². The number of halogens is 2. The van der Waals surface area contributed by atoms with Gasteiger partial charge in [0.05, 0.1) is 7.11 Å². The lowest BCUT2D eigenvalue weighted by Gasteiger charge is -2.21. The molecule has 1 unspecified atom stereocenters. The van der Waals surface area contributed by atoms with E-state index in [1.807, 2.05) is 0 Å². The van der Waals surface area contributed by atoms with Crippen molar-refractivity contribution in [1.29, 1.82) is 0 Å². The number of hydrogen-bond acceptors (Lipinski definition) is 4. The average molecular weight is 516 g/mol. The van der Waals surface area contributed by atoms with Crippen LogP contribution in [0.2, 0.25) is 5.02 Å². The minimum absolute atomic E-state index is 0.00729. The van der Waals surface area contributed by atoms with E-state index in [0.717, 1.165) is 5.69 Å². The van der Waals surface area contributed by atoms with Gasteiger partial charge in [-0.25, -0.2) is 4.39 Å². The van der Waals surface area contributed by atoms with Crippen molar-refractivity contribution >= 4 is 43.6 Å². The number of nitrogens with zero attached hydrogens (tertiary/aromatic N) is 2. The van der Waals surface area contributed by atoms with Crippen molar-refractivity contribution in [3.05, 3.63) is 86.5 Å². The van der Waals surface area contributed by atoms with E-state index in [4.69, 9.17) is 16.3 Å². The number of rotatable bonds is 5. The molecule has 7 nitrogen and oxygen atoms in total. The summed E-state index contributed by atoms with van der Waals surface area (Å²) in [4.78, 5) is 40.8. The lowest BCUT2D eigenvalue weighted by atomic mass is 9.93. The number of aromatic nitrogens is 1. The summed E-state index contributed by atoms with van der Waals surface area (Å²) >= 11 is 5.92. The lowest BCUT2D eigenvalue weighted by molar-refractivity contribution is -0.118. The molecule has 0 spiro atoms. The van der Waals surface area contributed by atoms with Crippen LogP contribution in [0.15, 0.2) is 53.3 Å². The normalized spacial score (nSPS) is 17.5. The molecule has 1 fully saturated rings. The van der Waals surface area contributed by atoms with Crippen LogP contribution in [0.3, 0.4) is 0 Å². The number of anilines is 1. The number of carbonyl (C=O) groups excluding carboxylic acids is 2. The van der Waals surface area contributed by atoms with E-state index in [2.05, 4.69) is 14.6 Å². The molecule has 2 amide bonds. The van der Waals surface area contributed by atoms with Gasteiger partial charge in [-0.1, -0.05) is 11.6 Å². The van der Waals surface area contributed by atoms with E-state index < -0.39 is 29.6 Å². The third kappa shape index (κ3) is 4.68. The van der Waals surface area contributed by atoms with Gasteiger partial charge in [0.2, 0.25) is 5.91 Å². The molecule has 1 aliphatic rings. The molecule has 1 aromatic heterocycles. The molecule has 0 aliphatic carbocycles. The Morgan fingerprint density at radius 3 is 2.49 bits per heavy atom. The Morgan fingerprint density at radius 1 is 1.17 bits per heavy atom. The molecule has 1 aliphatic heterocycles.